The predicted molar refractivity (Wildman–Crippen MR) is 78.2 cm³/mol. The van der Waals surface area contributed by atoms with E-state index >= 15 is 0 Å². The molecule has 1 aliphatic carbocycles. The second kappa shape index (κ2) is 6.31. The molecule has 0 saturated carbocycles. The molecule has 3 heteroatoms. The summed E-state index contributed by atoms with van der Waals surface area (Å²) in [6.45, 7) is 1.13. The zero-order valence-corrected chi connectivity index (χ0v) is 11.8. The van der Waals surface area contributed by atoms with Crippen LogP contribution in [0.25, 0.3) is 0 Å². The molecule has 0 amide bonds. The van der Waals surface area contributed by atoms with E-state index in [1.165, 1.54) is 19.3 Å². The van der Waals surface area contributed by atoms with Crippen molar-refractivity contribution in [2.75, 3.05) is 13.2 Å². The molecule has 0 bridgehead atoms. The smallest absolute Gasteiger partial charge is 0.167 e. The van der Waals surface area contributed by atoms with Crippen LogP contribution in [0.1, 0.15) is 50.2 Å². The molecule has 1 unspecified atom stereocenters. The fraction of sp³-hybridized carbons (Fsp3) is 0.529. The van der Waals surface area contributed by atoms with Crippen LogP contribution < -0.4 is 9.47 Å². The second-order valence-corrected chi connectivity index (χ2v) is 5.51. The normalized spacial score (nSPS) is 23.1. The maximum atomic E-state index is 10.7. The molecular formula is C17H22O3. The molecule has 3 rings (SSSR count). The summed E-state index contributed by atoms with van der Waals surface area (Å²) in [7, 11) is 0. The van der Waals surface area contributed by atoms with Gasteiger partial charge in [-0.1, -0.05) is 31.1 Å². The number of benzene rings is 1. The fourth-order valence-electron chi connectivity index (χ4n) is 2.98. The van der Waals surface area contributed by atoms with Gasteiger partial charge in [0.1, 0.15) is 19.3 Å². The van der Waals surface area contributed by atoms with Gasteiger partial charge in [-0.15, -0.1) is 0 Å². The highest BCUT2D eigenvalue weighted by molar-refractivity contribution is 5.50. The highest BCUT2D eigenvalue weighted by atomic mass is 16.6. The van der Waals surface area contributed by atoms with Crippen molar-refractivity contribution in [2.45, 2.75) is 44.6 Å². The van der Waals surface area contributed by atoms with Crippen molar-refractivity contribution in [1.82, 2.24) is 0 Å². The summed E-state index contributed by atoms with van der Waals surface area (Å²) in [5.41, 5.74) is 1.97. The maximum absolute atomic E-state index is 10.7. The van der Waals surface area contributed by atoms with Gasteiger partial charge in [0, 0.05) is 5.56 Å². The molecule has 2 aliphatic rings. The number of allylic oxidation sites excluding steroid dienone is 1. The Kier molecular flexibility index (Phi) is 4.26. The first-order chi connectivity index (χ1) is 9.86. The topological polar surface area (TPSA) is 38.7 Å². The number of rotatable bonds is 2. The van der Waals surface area contributed by atoms with E-state index in [0.717, 1.165) is 36.1 Å². The van der Waals surface area contributed by atoms with Crippen molar-refractivity contribution >= 4 is 0 Å². The summed E-state index contributed by atoms with van der Waals surface area (Å²) in [5, 5.41) is 10.7. The van der Waals surface area contributed by atoms with Gasteiger partial charge in [0.25, 0.3) is 0 Å². The molecule has 1 aromatic carbocycles. The minimum absolute atomic E-state index is 0.551. The Morgan fingerprint density at radius 2 is 1.85 bits per heavy atom. The minimum atomic E-state index is -0.565. The lowest BCUT2D eigenvalue weighted by atomic mass is 9.92. The number of hydrogen-bond acceptors (Lipinski definition) is 3. The van der Waals surface area contributed by atoms with Gasteiger partial charge in [0.2, 0.25) is 0 Å². The number of aliphatic hydroxyl groups excluding tert-OH is 1. The van der Waals surface area contributed by atoms with E-state index in [9.17, 15) is 5.11 Å². The molecule has 1 aromatic rings. The summed E-state index contributed by atoms with van der Waals surface area (Å²) < 4.78 is 11.3. The summed E-state index contributed by atoms with van der Waals surface area (Å²) >= 11 is 0. The standard InChI is InChI=1S/C17H22O3/c18-16(13-7-4-2-1-3-5-8-13)14-9-6-10-15-17(14)20-12-11-19-15/h6-7,9-10,16,18H,1-5,8,11-12H2/b13-7+. The molecule has 0 spiro atoms. The van der Waals surface area contributed by atoms with Crippen molar-refractivity contribution < 1.29 is 14.6 Å². The molecule has 3 nitrogen and oxygen atoms in total. The van der Waals surface area contributed by atoms with Crippen molar-refractivity contribution in [3.05, 3.63) is 35.4 Å². The van der Waals surface area contributed by atoms with Crippen molar-refractivity contribution in [3.63, 3.8) is 0 Å². The second-order valence-electron chi connectivity index (χ2n) is 5.51. The monoisotopic (exact) mass is 274 g/mol. The number of aliphatic hydroxyl groups is 1. The SMILES string of the molecule is OC(/C1=C/CCCCCC1)c1cccc2c1OCCO2. The van der Waals surface area contributed by atoms with Gasteiger partial charge in [-0.05, 0) is 37.3 Å². The van der Waals surface area contributed by atoms with Crippen molar-refractivity contribution in [3.8, 4) is 11.5 Å². The molecule has 0 fully saturated rings. The first kappa shape index (κ1) is 13.5. The summed E-state index contributed by atoms with van der Waals surface area (Å²) in [6.07, 6.45) is 8.65. The van der Waals surface area contributed by atoms with Crippen LogP contribution in [0.2, 0.25) is 0 Å². The third kappa shape index (κ3) is 2.83. The number of ether oxygens (including phenoxy) is 2. The van der Waals surface area contributed by atoms with Gasteiger partial charge in [0.05, 0.1) is 0 Å². The molecule has 1 atom stereocenters. The van der Waals surface area contributed by atoms with Crippen LogP contribution in [0.15, 0.2) is 29.8 Å². The Morgan fingerprint density at radius 1 is 1.00 bits per heavy atom. The van der Waals surface area contributed by atoms with Gasteiger partial charge in [-0.2, -0.15) is 0 Å². The summed E-state index contributed by atoms with van der Waals surface area (Å²) in [5.74, 6) is 1.47. The first-order valence-corrected chi connectivity index (χ1v) is 7.62. The maximum Gasteiger partial charge on any atom is 0.167 e. The average molecular weight is 274 g/mol. The van der Waals surface area contributed by atoms with E-state index in [-0.39, 0.29) is 0 Å². The van der Waals surface area contributed by atoms with Crippen LogP contribution in [0, 0.1) is 0 Å². The van der Waals surface area contributed by atoms with E-state index in [0.29, 0.717) is 19.0 Å². The molecule has 20 heavy (non-hydrogen) atoms. The molecule has 1 aliphatic heterocycles. The Balaban J connectivity index is 1.87. The average Bonchev–Trinajstić information content (AvgIpc) is 2.46. The van der Waals surface area contributed by atoms with E-state index < -0.39 is 6.10 Å². The van der Waals surface area contributed by atoms with E-state index in [1.54, 1.807) is 0 Å². The molecule has 0 radical (unpaired) electrons. The Bertz CT molecular complexity index is 493. The Hall–Kier alpha value is -1.48. The minimum Gasteiger partial charge on any atom is -0.486 e. The van der Waals surface area contributed by atoms with Crippen LogP contribution in [0.5, 0.6) is 11.5 Å². The Morgan fingerprint density at radius 3 is 2.80 bits per heavy atom. The zero-order valence-electron chi connectivity index (χ0n) is 11.8. The molecule has 1 heterocycles. The van der Waals surface area contributed by atoms with Gasteiger partial charge >= 0.3 is 0 Å². The van der Waals surface area contributed by atoms with Crippen LogP contribution in [0.4, 0.5) is 0 Å². The van der Waals surface area contributed by atoms with E-state index in [4.69, 9.17) is 9.47 Å². The molecular weight excluding hydrogens is 252 g/mol. The lowest BCUT2D eigenvalue weighted by Crippen LogP contribution is -2.17. The first-order valence-electron chi connectivity index (χ1n) is 7.62. The largest absolute Gasteiger partial charge is 0.486 e. The van der Waals surface area contributed by atoms with Crippen LogP contribution >= 0.6 is 0 Å². The molecule has 0 aromatic heterocycles. The van der Waals surface area contributed by atoms with Crippen LogP contribution in [-0.2, 0) is 0 Å². The van der Waals surface area contributed by atoms with Gasteiger partial charge < -0.3 is 14.6 Å². The summed E-state index contributed by atoms with van der Waals surface area (Å²) in [4.78, 5) is 0. The number of fused-ring (bicyclic) bond motifs is 1. The van der Waals surface area contributed by atoms with Crippen molar-refractivity contribution in [2.24, 2.45) is 0 Å². The Labute approximate surface area is 120 Å². The third-order valence-corrected chi connectivity index (χ3v) is 4.07. The van der Waals surface area contributed by atoms with Gasteiger partial charge in [0.15, 0.2) is 11.5 Å². The highest BCUT2D eigenvalue weighted by Gasteiger charge is 2.23. The zero-order chi connectivity index (χ0) is 13.8. The highest BCUT2D eigenvalue weighted by Crippen LogP contribution is 2.40. The lowest BCUT2D eigenvalue weighted by molar-refractivity contribution is 0.156. The van der Waals surface area contributed by atoms with E-state index in [1.807, 2.05) is 18.2 Å². The number of hydrogen-bond donors (Lipinski definition) is 1. The number of para-hydroxylation sites is 1. The van der Waals surface area contributed by atoms with Crippen molar-refractivity contribution in [1.29, 1.82) is 0 Å². The molecule has 108 valence electrons. The lowest BCUT2D eigenvalue weighted by Gasteiger charge is -2.24. The van der Waals surface area contributed by atoms with Crippen LogP contribution in [-0.4, -0.2) is 18.3 Å². The van der Waals surface area contributed by atoms with Gasteiger partial charge in [-0.3, -0.25) is 0 Å². The predicted octanol–water partition coefficient (Wildman–Crippen LogP) is 3.77. The quantitative estimate of drug-likeness (QED) is 0.834. The van der Waals surface area contributed by atoms with Gasteiger partial charge in [-0.25, -0.2) is 0 Å². The fourth-order valence-corrected chi connectivity index (χ4v) is 2.98. The molecule has 1 N–H and O–H groups in total. The van der Waals surface area contributed by atoms with Crippen LogP contribution in [0.3, 0.4) is 0 Å². The summed E-state index contributed by atoms with van der Waals surface area (Å²) in [6, 6.07) is 5.77. The molecule has 0 saturated heterocycles. The van der Waals surface area contributed by atoms with E-state index in [2.05, 4.69) is 6.08 Å². The third-order valence-electron chi connectivity index (χ3n) is 4.07.